The number of carbonyl (C=O) groups is 1. The van der Waals surface area contributed by atoms with Gasteiger partial charge in [0.1, 0.15) is 0 Å². The number of anilines is 2. The third-order valence-electron chi connectivity index (χ3n) is 5.68. The summed E-state index contributed by atoms with van der Waals surface area (Å²) in [6, 6.07) is 19.6. The van der Waals surface area contributed by atoms with Crippen LogP contribution in [-0.4, -0.2) is 45.4 Å². The van der Waals surface area contributed by atoms with Gasteiger partial charge in [0.15, 0.2) is 0 Å². The van der Waals surface area contributed by atoms with Gasteiger partial charge < -0.3 is 9.80 Å². The van der Waals surface area contributed by atoms with E-state index in [1.54, 1.807) is 23.1 Å². The van der Waals surface area contributed by atoms with Crippen LogP contribution in [0.4, 0.5) is 11.4 Å². The molecule has 1 fully saturated rings. The Morgan fingerprint density at radius 2 is 1.55 bits per heavy atom. The highest BCUT2D eigenvalue weighted by molar-refractivity contribution is 7.92. The normalized spacial score (nSPS) is 14.3. The van der Waals surface area contributed by atoms with Crippen molar-refractivity contribution >= 4 is 38.9 Å². The third kappa shape index (κ3) is 5.31. The van der Waals surface area contributed by atoms with Crippen molar-refractivity contribution in [2.75, 3.05) is 35.8 Å². The first-order chi connectivity index (χ1) is 15.7. The van der Waals surface area contributed by atoms with Crippen LogP contribution in [0.25, 0.3) is 0 Å². The van der Waals surface area contributed by atoms with Crippen LogP contribution in [0.2, 0.25) is 5.02 Å². The highest BCUT2D eigenvalue weighted by atomic mass is 35.5. The van der Waals surface area contributed by atoms with Crippen LogP contribution in [0.15, 0.2) is 71.6 Å². The second-order valence-corrected chi connectivity index (χ2v) is 10.3. The van der Waals surface area contributed by atoms with E-state index < -0.39 is 10.0 Å². The second-order valence-electron chi connectivity index (χ2n) is 8.23. The molecule has 0 bridgehead atoms. The maximum atomic E-state index is 13.2. The number of benzene rings is 3. The van der Waals surface area contributed by atoms with Gasteiger partial charge in [0.2, 0.25) is 0 Å². The summed E-state index contributed by atoms with van der Waals surface area (Å²) in [6.07, 6.45) is 0. The van der Waals surface area contributed by atoms with E-state index in [9.17, 15) is 13.2 Å². The molecule has 6 nitrogen and oxygen atoms in total. The summed E-state index contributed by atoms with van der Waals surface area (Å²) < 4.78 is 28.4. The van der Waals surface area contributed by atoms with E-state index in [1.165, 1.54) is 23.8 Å². The van der Waals surface area contributed by atoms with E-state index in [-0.39, 0.29) is 21.4 Å². The molecule has 0 aliphatic carbocycles. The Labute approximate surface area is 199 Å². The highest BCUT2D eigenvalue weighted by Gasteiger charge is 2.26. The minimum atomic E-state index is -3.87. The SMILES string of the molecule is Cc1cccc(NS(=O)(=O)c2ccc(Cl)c(C(=O)N3CCN(c4cccc(C)c4)CC3)c2)c1. The van der Waals surface area contributed by atoms with Crippen LogP contribution in [0.1, 0.15) is 21.5 Å². The lowest BCUT2D eigenvalue weighted by molar-refractivity contribution is 0.0746. The topological polar surface area (TPSA) is 69.7 Å². The average molecular weight is 484 g/mol. The molecule has 0 spiro atoms. The molecule has 0 saturated carbocycles. The molecule has 1 aliphatic rings. The fraction of sp³-hybridized carbons (Fsp3) is 0.240. The number of aryl methyl sites for hydroxylation is 2. The smallest absolute Gasteiger partial charge is 0.261 e. The van der Waals surface area contributed by atoms with Gasteiger partial charge in [0.25, 0.3) is 15.9 Å². The summed E-state index contributed by atoms with van der Waals surface area (Å²) in [4.78, 5) is 17.2. The molecular formula is C25H26ClN3O3S. The molecule has 0 unspecified atom stereocenters. The van der Waals surface area contributed by atoms with Crippen LogP contribution >= 0.6 is 11.6 Å². The molecule has 8 heteroatoms. The summed E-state index contributed by atoms with van der Waals surface area (Å²) in [5.74, 6) is -0.267. The number of carbonyl (C=O) groups excluding carboxylic acids is 1. The van der Waals surface area contributed by atoms with E-state index >= 15 is 0 Å². The molecular weight excluding hydrogens is 458 g/mol. The number of piperazine rings is 1. The second kappa shape index (κ2) is 9.45. The van der Waals surface area contributed by atoms with Crippen LogP contribution in [-0.2, 0) is 10.0 Å². The highest BCUT2D eigenvalue weighted by Crippen LogP contribution is 2.25. The quantitative estimate of drug-likeness (QED) is 0.570. The Morgan fingerprint density at radius 3 is 2.21 bits per heavy atom. The lowest BCUT2D eigenvalue weighted by Crippen LogP contribution is -2.48. The van der Waals surface area contributed by atoms with Crippen LogP contribution in [0, 0.1) is 13.8 Å². The summed E-state index contributed by atoms with van der Waals surface area (Å²) in [5, 5.41) is 0.232. The van der Waals surface area contributed by atoms with Gasteiger partial charge in [-0.25, -0.2) is 8.42 Å². The molecule has 1 saturated heterocycles. The van der Waals surface area contributed by atoms with E-state index in [0.29, 0.717) is 31.9 Å². The van der Waals surface area contributed by atoms with Crippen molar-refractivity contribution in [1.29, 1.82) is 0 Å². The van der Waals surface area contributed by atoms with Crippen molar-refractivity contribution in [2.24, 2.45) is 0 Å². The predicted molar refractivity (Wildman–Crippen MR) is 133 cm³/mol. The first-order valence-corrected chi connectivity index (χ1v) is 12.6. The van der Waals surface area contributed by atoms with Gasteiger partial charge in [-0.15, -0.1) is 0 Å². The van der Waals surface area contributed by atoms with Crippen molar-refractivity contribution < 1.29 is 13.2 Å². The van der Waals surface area contributed by atoms with Crippen molar-refractivity contribution in [1.82, 2.24) is 4.90 Å². The van der Waals surface area contributed by atoms with Gasteiger partial charge in [-0.1, -0.05) is 35.9 Å². The molecule has 33 heavy (non-hydrogen) atoms. The summed E-state index contributed by atoms with van der Waals surface area (Å²) in [7, 11) is -3.87. The molecule has 1 amide bonds. The van der Waals surface area contributed by atoms with Gasteiger partial charge in [0.05, 0.1) is 15.5 Å². The molecule has 3 aromatic carbocycles. The summed E-state index contributed by atoms with van der Waals surface area (Å²) >= 11 is 6.31. The molecule has 0 atom stereocenters. The fourth-order valence-corrected chi connectivity index (χ4v) is 5.19. The van der Waals surface area contributed by atoms with Crippen molar-refractivity contribution in [2.45, 2.75) is 18.7 Å². The lowest BCUT2D eigenvalue weighted by Gasteiger charge is -2.36. The fourth-order valence-electron chi connectivity index (χ4n) is 3.92. The minimum absolute atomic E-state index is 0.00449. The number of nitrogens with one attached hydrogen (secondary N) is 1. The van der Waals surface area contributed by atoms with Gasteiger partial charge in [-0.3, -0.25) is 9.52 Å². The van der Waals surface area contributed by atoms with Gasteiger partial charge in [-0.05, 0) is 67.4 Å². The molecule has 1 N–H and O–H groups in total. The van der Waals surface area contributed by atoms with E-state index in [2.05, 4.69) is 34.7 Å². The standard InChI is InChI=1S/C25H26ClN3O3S/c1-18-5-3-7-20(15-18)27-33(31,32)22-9-10-24(26)23(17-22)25(30)29-13-11-28(12-14-29)21-8-4-6-19(2)16-21/h3-10,15-17,27H,11-14H2,1-2H3. The maximum Gasteiger partial charge on any atom is 0.261 e. The van der Waals surface area contributed by atoms with Crippen molar-refractivity contribution in [3.63, 3.8) is 0 Å². The van der Waals surface area contributed by atoms with Crippen LogP contribution in [0.3, 0.4) is 0 Å². The molecule has 172 valence electrons. The van der Waals surface area contributed by atoms with Gasteiger partial charge in [0, 0.05) is 37.6 Å². The zero-order valence-corrected chi connectivity index (χ0v) is 20.2. The van der Waals surface area contributed by atoms with Crippen molar-refractivity contribution in [3.8, 4) is 0 Å². The third-order valence-corrected chi connectivity index (χ3v) is 7.39. The molecule has 0 aromatic heterocycles. The molecule has 3 aromatic rings. The van der Waals surface area contributed by atoms with Crippen molar-refractivity contribution in [3.05, 3.63) is 88.4 Å². The Hall–Kier alpha value is -3.03. The molecule has 0 radical (unpaired) electrons. The lowest BCUT2D eigenvalue weighted by atomic mass is 10.1. The number of hydrogen-bond donors (Lipinski definition) is 1. The number of amides is 1. The monoisotopic (exact) mass is 483 g/mol. The largest absolute Gasteiger partial charge is 0.368 e. The van der Waals surface area contributed by atoms with E-state index in [1.807, 2.05) is 19.1 Å². The van der Waals surface area contributed by atoms with Crippen LogP contribution in [0.5, 0.6) is 0 Å². The van der Waals surface area contributed by atoms with Crippen LogP contribution < -0.4 is 9.62 Å². The first kappa shape index (κ1) is 23.1. The summed E-state index contributed by atoms with van der Waals surface area (Å²) in [5.41, 5.74) is 3.91. The van der Waals surface area contributed by atoms with Gasteiger partial charge in [-0.2, -0.15) is 0 Å². The van der Waals surface area contributed by atoms with Gasteiger partial charge >= 0.3 is 0 Å². The summed E-state index contributed by atoms with van der Waals surface area (Å²) in [6.45, 7) is 6.39. The number of sulfonamides is 1. The molecule has 1 heterocycles. The molecule has 4 rings (SSSR count). The van der Waals surface area contributed by atoms with E-state index in [0.717, 1.165) is 11.3 Å². The number of rotatable bonds is 5. The Balaban J connectivity index is 1.50. The average Bonchev–Trinajstić information content (AvgIpc) is 2.78. The zero-order chi connectivity index (χ0) is 23.6. The Morgan fingerprint density at radius 1 is 0.879 bits per heavy atom. The first-order valence-electron chi connectivity index (χ1n) is 10.7. The predicted octanol–water partition coefficient (Wildman–Crippen LogP) is 4.72. The minimum Gasteiger partial charge on any atom is -0.368 e. The molecule has 1 aliphatic heterocycles. The number of nitrogens with zero attached hydrogens (tertiary/aromatic N) is 2. The van der Waals surface area contributed by atoms with E-state index in [4.69, 9.17) is 11.6 Å². The Kier molecular flexibility index (Phi) is 6.63. The number of hydrogen-bond acceptors (Lipinski definition) is 4. The number of halogens is 1. The zero-order valence-electron chi connectivity index (χ0n) is 18.6. The maximum absolute atomic E-state index is 13.2. The Bertz CT molecular complexity index is 1290.